The summed E-state index contributed by atoms with van der Waals surface area (Å²) in [4.78, 5) is 27.3. The number of rotatable bonds is 5. The molecule has 2 aromatic heterocycles. The number of aromatic nitrogens is 3. The molecule has 1 atom stereocenters. The number of benzene rings is 1. The minimum absolute atomic E-state index is 0.0504. The average molecular weight is 407 g/mol. The van der Waals surface area contributed by atoms with Crippen LogP contribution in [0.15, 0.2) is 40.9 Å². The van der Waals surface area contributed by atoms with Crippen LogP contribution in [0, 0.1) is 6.92 Å². The second-order valence-corrected chi connectivity index (χ2v) is 7.50. The molecular weight excluding hydrogens is 382 g/mol. The van der Waals surface area contributed by atoms with E-state index in [0.29, 0.717) is 36.8 Å². The molecule has 1 saturated heterocycles. The molecule has 30 heavy (non-hydrogen) atoms. The molecule has 8 heteroatoms. The van der Waals surface area contributed by atoms with Crippen LogP contribution < -0.4 is 10.5 Å². The number of ether oxygens (including phenoxy) is 1. The van der Waals surface area contributed by atoms with Crippen LogP contribution in [0.4, 0.5) is 5.95 Å². The Morgan fingerprint density at radius 2 is 2.17 bits per heavy atom. The number of nitrogens with zero attached hydrogens (tertiary/aromatic N) is 4. The summed E-state index contributed by atoms with van der Waals surface area (Å²) in [6, 6.07) is 9.52. The van der Waals surface area contributed by atoms with E-state index in [2.05, 4.69) is 15.0 Å². The lowest BCUT2D eigenvalue weighted by Gasteiger charge is -2.31. The molecule has 0 aliphatic carbocycles. The number of methoxy groups -OCH3 is 1. The maximum absolute atomic E-state index is 12.9. The molecule has 156 valence electrons. The predicted molar refractivity (Wildman–Crippen MR) is 111 cm³/mol. The summed E-state index contributed by atoms with van der Waals surface area (Å²) in [6.07, 6.45) is 4.16. The lowest BCUT2D eigenvalue weighted by Crippen LogP contribution is -2.39. The molecule has 3 heterocycles. The minimum Gasteiger partial charge on any atom is -0.496 e. The number of oxazole rings is 1. The van der Waals surface area contributed by atoms with Gasteiger partial charge >= 0.3 is 0 Å². The van der Waals surface area contributed by atoms with Crippen molar-refractivity contribution in [3.8, 4) is 5.75 Å². The molecule has 1 unspecified atom stereocenters. The standard InChI is InChI=1S/C22H25N5O3/c1-14-10-18(26-22(23)25-14)21(28)27-9-5-7-16(13-27)20-24-12-17(30-20)11-15-6-3-4-8-19(15)29-2/h3-4,6,8,10,12,16H,5,7,9,11,13H2,1-2H3,(H2,23,25,26). The molecule has 1 aromatic carbocycles. The highest BCUT2D eigenvalue weighted by atomic mass is 16.5. The predicted octanol–water partition coefficient (Wildman–Crippen LogP) is 2.97. The molecule has 0 spiro atoms. The van der Waals surface area contributed by atoms with Crippen molar-refractivity contribution in [2.75, 3.05) is 25.9 Å². The quantitative estimate of drug-likeness (QED) is 0.693. The van der Waals surface area contributed by atoms with Crippen LogP contribution in [0.25, 0.3) is 0 Å². The normalized spacial score (nSPS) is 16.5. The van der Waals surface area contributed by atoms with Gasteiger partial charge in [0.2, 0.25) is 5.95 Å². The molecule has 2 N–H and O–H groups in total. The fourth-order valence-corrected chi connectivity index (χ4v) is 3.86. The van der Waals surface area contributed by atoms with Gasteiger partial charge in [-0.3, -0.25) is 4.79 Å². The Bertz CT molecular complexity index is 1030. The number of hydrogen-bond donors (Lipinski definition) is 1. The monoisotopic (exact) mass is 407 g/mol. The van der Waals surface area contributed by atoms with Crippen molar-refractivity contribution >= 4 is 11.9 Å². The smallest absolute Gasteiger partial charge is 0.272 e. The van der Waals surface area contributed by atoms with Crippen molar-refractivity contribution < 1.29 is 13.9 Å². The highest BCUT2D eigenvalue weighted by molar-refractivity contribution is 5.92. The lowest BCUT2D eigenvalue weighted by molar-refractivity contribution is 0.0691. The first-order valence-electron chi connectivity index (χ1n) is 10.0. The Kier molecular flexibility index (Phi) is 5.65. The van der Waals surface area contributed by atoms with Gasteiger partial charge in [0, 0.05) is 30.8 Å². The van der Waals surface area contributed by atoms with Gasteiger partial charge in [0.1, 0.15) is 17.2 Å². The van der Waals surface area contributed by atoms with Crippen LogP contribution in [0.3, 0.4) is 0 Å². The van der Waals surface area contributed by atoms with E-state index >= 15 is 0 Å². The van der Waals surface area contributed by atoms with Crippen molar-refractivity contribution in [1.82, 2.24) is 19.9 Å². The zero-order valence-electron chi connectivity index (χ0n) is 17.2. The fourth-order valence-electron chi connectivity index (χ4n) is 3.86. The van der Waals surface area contributed by atoms with E-state index in [-0.39, 0.29) is 17.8 Å². The van der Waals surface area contributed by atoms with Crippen LogP contribution in [-0.2, 0) is 6.42 Å². The topological polar surface area (TPSA) is 107 Å². The van der Waals surface area contributed by atoms with Crippen LogP contribution in [-0.4, -0.2) is 46.0 Å². The number of hydrogen-bond acceptors (Lipinski definition) is 7. The second kappa shape index (κ2) is 8.52. The first-order valence-corrected chi connectivity index (χ1v) is 10.0. The third-order valence-electron chi connectivity index (χ3n) is 5.28. The van der Waals surface area contributed by atoms with Gasteiger partial charge in [-0.15, -0.1) is 0 Å². The summed E-state index contributed by atoms with van der Waals surface area (Å²) in [5.74, 6) is 2.28. The van der Waals surface area contributed by atoms with Crippen LogP contribution >= 0.6 is 0 Å². The molecule has 0 radical (unpaired) electrons. The Morgan fingerprint density at radius 1 is 1.33 bits per heavy atom. The molecule has 1 fully saturated rings. The number of carbonyl (C=O) groups excluding carboxylic acids is 1. The van der Waals surface area contributed by atoms with Crippen molar-refractivity contribution in [3.05, 3.63) is 65.1 Å². The number of anilines is 1. The highest BCUT2D eigenvalue weighted by Gasteiger charge is 2.29. The number of nitrogen functional groups attached to an aromatic ring is 1. The second-order valence-electron chi connectivity index (χ2n) is 7.50. The minimum atomic E-state index is -0.141. The van der Waals surface area contributed by atoms with Gasteiger partial charge < -0.3 is 19.8 Å². The zero-order valence-corrected chi connectivity index (χ0v) is 17.2. The first kappa shape index (κ1) is 19.9. The largest absolute Gasteiger partial charge is 0.496 e. The van der Waals surface area contributed by atoms with Crippen LogP contribution in [0.2, 0.25) is 0 Å². The van der Waals surface area contributed by atoms with Crippen molar-refractivity contribution in [2.45, 2.75) is 32.1 Å². The lowest BCUT2D eigenvalue weighted by atomic mass is 9.97. The van der Waals surface area contributed by atoms with Gasteiger partial charge in [0.05, 0.1) is 19.2 Å². The van der Waals surface area contributed by atoms with Crippen molar-refractivity contribution in [2.24, 2.45) is 0 Å². The van der Waals surface area contributed by atoms with E-state index in [1.165, 1.54) is 0 Å². The van der Waals surface area contributed by atoms with E-state index in [0.717, 1.165) is 29.9 Å². The zero-order chi connectivity index (χ0) is 21.1. The summed E-state index contributed by atoms with van der Waals surface area (Å²) in [6.45, 7) is 3.01. The number of nitrogens with two attached hydrogens (primary N) is 1. The molecular formula is C22H25N5O3. The summed E-state index contributed by atoms with van der Waals surface area (Å²) in [5.41, 5.74) is 7.74. The number of aryl methyl sites for hydroxylation is 1. The van der Waals surface area contributed by atoms with E-state index < -0.39 is 0 Å². The average Bonchev–Trinajstić information content (AvgIpc) is 3.21. The fraction of sp³-hybridized carbons (Fsp3) is 0.364. The summed E-state index contributed by atoms with van der Waals surface area (Å²) in [7, 11) is 1.66. The van der Waals surface area contributed by atoms with Crippen LogP contribution in [0.5, 0.6) is 5.75 Å². The third-order valence-corrected chi connectivity index (χ3v) is 5.28. The van der Waals surface area contributed by atoms with E-state index in [9.17, 15) is 4.79 Å². The number of amides is 1. The highest BCUT2D eigenvalue weighted by Crippen LogP contribution is 2.29. The van der Waals surface area contributed by atoms with Crippen molar-refractivity contribution in [1.29, 1.82) is 0 Å². The van der Waals surface area contributed by atoms with E-state index in [1.807, 2.05) is 24.3 Å². The van der Waals surface area contributed by atoms with E-state index in [1.54, 1.807) is 31.2 Å². The molecule has 1 aliphatic rings. The summed E-state index contributed by atoms with van der Waals surface area (Å²) >= 11 is 0. The van der Waals surface area contributed by atoms with Crippen molar-refractivity contribution in [3.63, 3.8) is 0 Å². The van der Waals surface area contributed by atoms with Crippen LogP contribution in [0.1, 0.15) is 52.2 Å². The molecule has 4 rings (SSSR count). The summed E-state index contributed by atoms with van der Waals surface area (Å²) < 4.78 is 11.5. The van der Waals surface area contributed by atoms with Gasteiger partial charge in [-0.2, -0.15) is 0 Å². The Morgan fingerprint density at radius 3 is 2.97 bits per heavy atom. The van der Waals surface area contributed by atoms with Gasteiger partial charge in [-0.05, 0) is 31.9 Å². The Labute approximate surface area is 175 Å². The maximum atomic E-state index is 12.9. The number of carbonyl (C=O) groups is 1. The van der Waals surface area contributed by atoms with E-state index in [4.69, 9.17) is 14.9 Å². The maximum Gasteiger partial charge on any atom is 0.272 e. The third kappa shape index (κ3) is 4.27. The van der Waals surface area contributed by atoms with Gasteiger partial charge in [0.15, 0.2) is 5.89 Å². The number of para-hydroxylation sites is 1. The SMILES string of the molecule is COc1ccccc1Cc1cnc(C2CCCN(C(=O)c3cc(C)nc(N)n3)C2)o1. The molecule has 8 nitrogen and oxygen atoms in total. The Balaban J connectivity index is 1.47. The molecule has 0 saturated carbocycles. The first-order chi connectivity index (χ1) is 14.5. The number of likely N-dealkylation sites (tertiary alicyclic amines) is 1. The molecule has 1 aliphatic heterocycles. The van der Waals surface area contributed by atoms with Gasteiger partial charge in [-0.1, -0.05) is 18.2 Å². The molecule has 3 aromatic rings. The molecule has 0 bridgehead atoms. The summed E-state index contributed by atoms with van der Waals surface area (Å²) in [5, 5.41) is 0. The molecule has 1 amide bonds. The Hall–Kier alpha value is -3.42. The van der Waals surface area contributed by atoms with Gasteiger partial charge in [0.25, 0.3) is 5.91 Å². The van der Waals surface area contributed by atoms with Gasteiger partial charge in [-0.25, -0.2) is 15.0 Å². The number of piperidine rings is 1.